The molecule has 1 saturated heterocycles. The highest BCUT2D eigenvalue weighted by atomic mass is 32.1. The SMILES string of the molecule is O=C(Nc1cncs1)[C@H]1CCCOC1. The molecule has 0 bridgehead atoms. The van der Waals surface area contributed by atoms with E-state index >= 15 is 0 Å². The zero-order valence-electron chi connectivity index (χ0n) is 7.73. The lowest BCUT2D eigenvalue weighted by Crippen LogP contribution is -2.29. The minimum absolute atomic E-state index is 0.00542. The second kappa shape index (κ2) is 4.52. The van der Waals surface area contributed by atoms with E-state index in [0.29, 0.717) is 6.61 Å². The third-order valence-corrected chi connectivity index (χ3v) is 2.90. The topological polar surface area (TPSA) is 51.2 Å². The van der Waals surface area contributed by atoms with Gasteiger partial charge in [-0.25, -0.2) is 0 Å². The van der Waals surface area contributed by atoms with Gasteiger partial charge < -0.3 is 10.1 Å². The van der Waals surface area contributed by atoms with E-state index in [1.807, 2.05) is 0 Å². The van der Waals surface area contributed by atoms with E-state index < -0.39 is 0 Å². The Balaban J connectivity index is 1.88. The lowest BCUT2D eigenvalue weighted by Gasteiger charge is -2.20. The number of nitrogens with zero attached hydrogens (tertiary/aromatic N) is 1. The zero-order chi connectivity index (χ0) is 9.80. The van der Waals surface area contributed by atoms with Crippen molar-refractivity contribution in [1.82, 2.24) is 4.98 Å². The van der Waals surface area contributed by atoms with E-state index in [9.17, 15) is 4.79 Å². The first-order valence-electron chi connectivity index (χ1n) is 4.63. The summed E-state index contributed by atoms with van der Waals surface area (Å²) in [6, 6.07) is 0. The van der Waals surface area contributed by atoms with E-state index in [1.54, 1.807) is 11.7 Å². The van der Waals surface area contributed by atoms with Gasteiger partial charge in [0, 0.05) is 6.61 Å². The van der Waals surface area contributed by atoms with Crippen LogP contribution >= 0.6 is 11.3 Å². The number of thiazole rings is 1. The number of hydrogen-bond donors (Lipinski definition) is 1. The highest BCUT2D eigenvalue weighted by Crippen LogP contribution is 2.18. The van der Waals surface area contributed by atoms with Crippen LogP contribution < -0.4 is 5.32 Å². The second-order valence-electron chi connectivity index (χ2n) is 3.27. The molecule has 0 aliphatic carbocycles. The molecule has 2 heterocycles. The van der Waals surface area contributed by atoms with Crippen molar-refractivity contribution in [2.75, 3.05) is 18.5 Å². The molecule has 0 aromatic carbocycles. The number of rotatable bonds is 2. The van der Waals surface area contributed by atoms with Crippen LogP contribution in [0.5, 0.6) is 0 Å². The van der Waals surface area contributed by atoms with Crippen LogP contribution in [0.1, 0.15) is 12.8 Å². The number of aromatic nitrogens is 1. The van der Waals surface area contributed by atoms with Gasteiger partial charge in [-0.05, 0) is 12.8 Å². The molecule has 4 nitrogen and oxygen atoms in total. The Morgan fingerprint density at radius 3 is 3.29 bits per heavy atom. The molecule has 0 spiro atoms. The Morgan fingerprint density at radius 1 is 1.71 bits per heavy atom. The van der Waals surface area contributed by atoms with Crippen LogP contribution in [0, 0.1) is 5.92 Å². The maximum Gasteiger partial charge on any atom is 0.230 e. The summed E-state index contributed by atoms with van der Waals surface area (Å²) < 4.78 is 5.25. The standard InChI is InChI=1S/C9H12N2O2S/c12-9(7-2-1-3-13-5-7)11-8-4-10-6-14-8/h4,6-7H,1-3,5H2,(H,11,12)/t7-/m0/s1. The van der Waals surface area contributed by atoms with E-state index in [4.69, 9.17) is 4.74 Å². The molecule has 1 amide bonds. The molecule has 1 aliphatic heterocycles. The maximum absolute atomic E-state index is 11.7. The summed E-state index contributed by atoms with van der Waals surface area (Å²) in [5.41, 5.74) is 1.70. The molecule has 1 aromatic heterocycles. The third-order valence-electron chi connectivity index (χ3n) is 2.21. The van der Waals surface area contributed by atoms with Gasteiger partial charge in [0.05, 0.1) is 24.2 Å². The third kappa shape index (κ3) is 2.30. The fourth-order valence-corrected chi connectivity index (χ4v) is 1.97. The number of amides is 1. The van der Waals surface area contributed by atoms with Gasteiger partial charge in [-0.2, -0.15) is 0 Å². The van der Waals surface area contributed by atoms with Gasteiger partial charge in [0.2, 0.25) is 5.91 Å². The first-order chi connectivity index (χ1) is 6.86. The number of ether oxygens (including phenoxy) is 1. The fourth-order valence-electron chi connectivity index (χ4n) is 1.45. The van der Waals surface area contributed by atoms with Crippen molar-refractivity contribution in [2.24, 2.45) is 5.92 Å². The number of carbonyl (C=O) groups excluding carboxylic acids is 1. The molecule has 14 heavy (non-hydrogen) atoms. The van der Waals surface area contributed by atoms with Gasteiger partial charge in [-0.15, -0.1) is 11.3 Å². The summed E-state index contributed by atoms with van der Waals surface area (Å²) in [5, 5.41) is 3.63. The van der Waals surface area contributed by atoms with Crippen LogP contribution in [-0.4, -0.2) is 24.1 Å². The van der Waals surface area contributed by atoms with Crippen LogP contribution in [0.25, 0.3) is 0 Å². The largest absolute Gasteiger partial charge is 0.381 e. The van der Waals surface area contributed by atoms with Crippen molar-refractivity contribution in [3.8, 4) is 0 Å². The van der Waals surface area contributed by atoms with Crippen molar-refractivity contribution in [1.29, 1.82) is 0 Å². The summed E-state index contributed by atoms with van der Waals surface area (Å²) in [6.07, 6.45) is 3.55. The van der Waals surface area contributed by atoms with Crippen LogP contribution in [-0.2, 0) is 9.53 Å². The summed E-state index contributed by atoms with van der Waals surface area (Å²) in [6.45, 7) is 1.33. The van der Waals surface area contributed by atoms with Crippen LogP contribution in [0.15, 0.2) is 11.7 Å². The van der Waals surface area contributed by atoms with E-state index in [-0.39, 0.29) is 11.8 Å². The molecular formula is C9H12N2O2S. The van der Waals surface area contributed by atoms with Crippen molar-refractivity contribution in [2.45, 2.75) is 12.8 Å². The van der Waals surface area contributed by atoms with Gasteiger partial charge in [-0.1, -0.05) is 0 Å². The lowest BCUT2D eigenvalue weighted by atomic mass is 10.0. The normalized spacial score (nSPS) is 21.9. The van der Waals surface area contributed by atoms with Gasteiger partial charge in [0.15, 0.2) is 0 Å². The number of hydrogen-bond acceptors (Lipinski definition) is 4. The van der Waals surface area contributed by atoms with Crippen molar-refractivity contribution in [3.63, 3.8) is 0 Å². The smallest absolute Gasteiger partial charge is 0.230 e. The Hall–Kier alpha value is -0.940. The molecule has 1 aliphatic rings. The first-order valence-corrected chi connectivity index (χ1v) is 5.51. The summed E-state index contributed by atoms with van der Waals surface area (Å²) >= 11 is 1.43. The van der Waals surface area contributed by atoms with E-state index in [2.05, 4.69) is 10.3 Å². The predicted molar refractivity (Wildman–Crippen MR) is 54.3 cm³/mol. The summed E-state index contributed by atoms with van der Waals surface area (Å²) in [4.78, 5) is 15.5. The summed E-state index contributed by atoms with van der Waals surface area (Å²) in [5.74, 6) is 0.0554. The Bertz CT molecular complexity index is 294. The molecule has 1 atom stereocenters. The fraction of sp³-hybridized carbons (Fsp3) is 0.556. The van der Waals surface area contributed by atoms with Gasteiger partial charge >= 0.3 is 0 Å². The van der Waals surface area contributed by atoms with E-state index in [0.717, 1.165) is 24.4 Å². The minimum Gasteiger partial charge on any atom is -0.381 e. The molecule has 1 fully saturated rings. The predicted octanol–water partition coefficient (Wildman–Crippen LogP) is 1.51. The van der Waals surface area contributed by atoms with Crippen molar-refractivity contribution >= 4 is 22.2 Å². The first kappa shape index (κ1) is 9.61. The highest BCUT2D eigenvalue weighted by Gasteiger charge is 2.21. The Morgan fingerprint density at radius 2 is 2.64 bits per heavy atom. The van der Waals surface area contributed by atoms with Crippen LogP contribution in [0.2, 0.25) is 0 Å². The molecule has 1 aromatic rings. The van der Waals surface area contributed by atoms with Gasteiger partial charge in [-0.3, -0.25) is 9.78 Å². The summed E-state index contributed by atoms with van der Waals surface area (Å²) in [7, 11) is 0. The molecule has 1 N–H and O–H groups in total. The minimum atomic E-state index is 0.00542. The molecule has 0 unspecified atom stereocenters. The molecule has 76 valence electrons. The quantitative estimate of drug-likeness (QED) is 0.808. The van der Waals surface area contributed by atoms with Crippen molar-refractivity contribution in [3.05, 3.63) is 11.7 Å². The molecule has 0 radical (unpaired) electrons. The second-order valence-corrected chi connectivity index (χ2v) is 4.16. The highest BCUT2D eigenvalue weighted by molar-refractivity contribution is 7.13. The Kier molecular flexibility index (Phi) is 3.10. The average molecular weight is 212 g/mol. The molecule has 5 heteroatoms. The van der Waals surface area contributed by atoms with Crippen molar-refractivity contribution < 1.29 is 9.53 Å². The zero-order valence-corrected chi connectivity index (χ0v) is 8.55. The van der Waals surface area contributed by atoms with Crippen LogP contribution in [0.4, 0.5) is 5.00 Å². The van der Waals surface area contributed by atoms with Gasteiger partial charge in [0.1, 0.15) is 5.00 Å². The molecule has 2 rings (SSSR count). The lowest BCUT2D eigenvalue weighted by molar-refractivity contribution is -0.123. The van der Waals surface area contributed by atoms with Crippen LogP contribution in [0.3, 0.4) is 0 Å². The number of anilines is 1. The Labute approximate surface area is 86.3 Å². The molecule has 0 saturated carbocycles. The van der Waals surface area contributed by atoms with E-state index in [1.165, 1.54) is 11.3 Å². The monoisotopic (exact) mass is 212 g/mol. The number of carbonyl (C=O) groups is 1. The maximum atomic E-state index is 11.7. The average Bonchev–Trinajstić information content (AvgIpc) is 2.72. The van der Waals surface area contributed by atoms with Gasteiger partial charge in [0.25, 0.3) is 0 Å². The molecular weight excluding hydrogens is 200 g/mol. The number of nitrogens with one attached hydrogen (secondary N) is 1.